The Morgan fingerprint density at radius 3 is 2.40 bits per heavy atom. The molecular formula is C12H27NO2. The van der Waals surface area contributed by atoms with Crippen molar-refractivity contribution in [3.05, 3.63) is 0 Å². The zero-order valence-electron chi connectivity index (χ0n) is 10.5. The van der Waals surface area contributed by atoms with E-state index in [1.165, 1.54) is 0 Å². The molecule has 0 amide bonds. The molecule has 0 saturated carbocycles. The average Bonchev–Trinajstić information content (AvgIpc) is 2.22. The van der Waals surface area contributed by atoms with E-state index in [9.17, 15) is 5.11 Å². The topological polar surface area (TPSA) is 55.5 Å². The third-order valence-electron chi connectivity index (χ3n) is 2.92. The summed E-state index contributed by atoms with van der Waals surface area (Å²) < 4.78 is 5.01. The normalized spacial score (nSPS) is 15.6. The molecule has 0 aliphatic heterocycles. The van der Waals surface area contributed by atoms with E-state index >= 15 is 0 Å². The molecule has 0 aromatic heterocycles. The molecule has 0 rings (SSSR count). The van der Waals surface area contributed by atoms with Crippen molar-refractivity contribution < 1.29 is 9.84 Å². The molecule has 0 saturated heterocycles. The summed E-state index contributed by atoms with van der Waals surface area (Å²) in [7, 11) is 1.72. The zero-order chi connectivity index (χ0) is 11.7. The van der Waals surface area contributed by atoms with Gasteiger partial charge in [-0.1, -0.05) is 20.3 Å². The molecule has 0 heterocycles. The van der Waals surface area contributed by atoms with Crippen LogP contribution in [0.25, 0.3) is 0 Å². The molecule has 1 atom stereocenters. The smallest absolute Gasteiger partial charge is 0.0499 e. The second-order valence-electron chi connectivity index (χ2n) is 4.91. The first-order valence-electron chi connectivity index (χ1n) is 5.90. The van der Waals surface area contributed by atoms with Gasteiger partial charge in [0.1, 0.15) is 0 Å². The maximum absolute atomic E-state index is 9.47. The van der Waals surface area contributed by atoms with Crippen LogP contribution in [0.1, 0.15) is 39.5 Å². The molecule has 0 aliphatic rings. The molecule has 0 radical (unpaired) electrons. The van der Waals surface area contributed by atoms with Gasteiger partial charge in [-0.2, -0.15) is 0 Å². The van der Waals surface area contributed by atoms with E-state index < -0.39 is 0 Å². The second kappa shape index (κ2) is 8.08. The third kappa shape index (κ3) is 6.13. The van der Waals surface area contributed by atoms with Crippen LogP contribution in [-0.4, -0.2) is 32.0 Å². The van der Waals surface area contributed by atoms with Crippen LogP contribution in [0.15, 0.2) is 0 Å². The first kappa shape index (κ1) is 14.9. The van der Waals surface area contributed by atoms with Crippen LogP contribution >= 0.6 is 0 Å². The number of rotatable bonds is 9. The monoisotopic (exact) mass is 217 g/mol. The molecule has 3 heteroatoms. The summed E-state index contributed by atoms with van der Waals surface area (Å²) in [6.07, 6.45) is 4.14. The Balaban J connectivity index is 4.00. The highest BCUT2D eigenvalue weighted by Gasteiger charge is 2.28. The number of hydrogen-bond donors (Lipinski definition) is 2. The molecular weight excluding hydrogens is 190 g/mol. The van der Waals surface area contributed by atoms with E-state index in [1.54, 1.807) is 7.11 Å². The highest BCUT2D eigenvalue weighted by Crippen LogP contribution is 2.30. The van der Waals surface area contributed by atoms with Gasteiger partial charge in [0.2, 0.25) is 0 Å². The number of aliphatic hydroxyl groups excluding tert-OH is 1. The largest absolute Gasteiger partial charge is 0.396 e. The van der Waals surface area contributed by atoms with Gasteiger partial charge in [-0.15, -0.1) is 0 Å². The van der Waals surface area contributed by atoms with Gasteiger partial charge in [-0.05, 0) is 25.2 Å². The van der Waals surface area contributed by atoms with E-state index in [4.69, 9.17) is 10.5 Å². The summed E-state index contributed by atoms with van der Waals surface area (Å²) in [5.41, 5.74) is 5.72. The number of hydrogen-bond acceptors (Lipinski definition) is 3. The van der Waals surface area contributed by atoms with E-state index in [2.05, 4.69) is 13.8 Å². The summed E-state index contributed by atoms with van der Waals surface area (Å²) in [5, 5.41) is 9.47. The van der Waals surface area contributed by atoms with Gasteiger partial charge in [0.05, 0.1) is 0 Å². The van der Waals surface area contributed by atoms with Crippen molar-refractivity contribution in [2.45, 2.75) is 39.5 Å². The van der Waals surface area contributed by atoms with Crippen LogP contribution in [0, 0.1) is 11.3 Å². The lowest BCUT2D eigenvalue weighted by molar-refractivity contribution is 0.0920. The van der Waals surface area contributed by atoms with E-state index in [1.807, 2.05) is 0 Å². The first-order chi connectivity index (χ1) is 7.10. The third-order valence-corrected chi connectivity index (χ3v) is 2.92. The number of methoxy groups -OCH3 is 1. The van der Waals surface area contributed by atoms with Gasteiger partial charge in [-0.25, -0.2) is 0 Å². The fourth-order valence-corrected chi connectivity index (χ4v) is 2.11. The lowest BCUT2D eigenvalue weighted by Crippen LogP contribution is -2.35. The minimum atomic E-state index is -0.0676. The van der Waals surface area contributed by atoms with E-state index in [-0.39, 0.29) is 12.0 Å². The molecule has 1 unspecified atom stereocenters. The van der Waals surface area contributed by atoms with Gasteiger partial charge in [0, 0.05) is 32.3 Å². The Morgan fingerprint density at radius 1 is 1.33 bits per heavy atom. The van der Waals surface area contributed by atoms with Gasteiger partial charge < -0.3 is 15.6 Å². The van der Waals surface area contributed by atoms with Crippen LogP contribution in [0.5, 0.6) is 0 Å². The summed E-state index contributed by atoms with van der Waals surface area (Å²) >= 11 is 0. The van der Waals surface area contributed by atoms with Crippen molar-refractivity contribution >= 4 is 0 Å². The number of unbranched alkanes of at least 4 members (excludes halogenated alkanes) is 1. The standard InChI is InChI=1S/C12H27NO2/c1-11(2)8-12(9-13,10-14)6-4-5-7-15-3/h11,14H,4-10,13H2,1-3H3. The molecule has 3 nitrogen and oxygen atoms in total. The molecule has 0 aromatic carbocycles. The SMILES string of the molecule is COCCCCC(CN)(CO)CC(C)C. The van der Waals surface area contributed by atoms with Gasteiger partial charge in [0.25, 0.3) is 0 Å². The van der Waals surface area contributed by atoms with Crippen molar-refractivity contribution in [2.24, 2.45) is 17.1 Å². The van der Waals surface area contributed by atoms with Crippen LogP contribution in [-0.2, 0) is 4.74 Å². The molecule has 0 bridgehead atoms. The average molecular weight is 217 g/mol. The van der Waals surface area contributed by atoms with Crippen LogP contribution in [0.3, 0.4) is 0 Å². The quantitative estimate of drug-likeness (QED) is 0.579. The summed E-state index contributed by atoms with van der Waals surface area (Å²) in [4.78, 5) is 0. The minimum absolute atomic E-state index is 0.0676. The van der Waals surface area contributed by atoms with Gasteiger partial charge in [0.15, 0.2) is 0 Å². The number of ether oxygens (including phenoxy) is 1. The second-order valence-corrected chi connectivity index (χ2v) is 4.91. The van der Waals surface area contributed by atoms with Crippen molar-refractivity contribution in [1.29, 1.82) is 0 Å². The maximum atomic E-state index is 9.47. The van der Waals surface area contributed by atoms with Crippen LogP contribution in [0.2, 0.25) is 0 Å². The molecule has 15 heavy (non-hydrogen) atoms. The van der Waals surface area contributed by atoms with E-state index in [0.717, 1.165) is 32.3 Å². The minimum Gasteiger partial charge on any atom is -0.396 e. The molecule has 0 aromatic rings. The van der Waals surface area contributed by atoms with Crippen molar-refractivity contribution in [2.75, 3.05) is 26.9 Å². The number of aliphatic hydroxyl groups is 1. The predicted octanol–water partition coefficient (Wildman–Crippen LogP) is 1.79. The molecule has 3 N–H and O–H groups in total. The zero-order valence-corrected chi connectivity index (χ0v) is 10.5. The Hall–Kier alpha value is -0.120. The molecule has 92 valence electrons. The van der Waals surface area contributed by atoms with Crippen molar-refractivity contribution in [3.8, 4) is 0 Å². The Morgan fingerprint density at radius 2 is 2.00 bits per heavy atom. The lowest BCUT2D eigenvalue weighted by atomic mass is 9.77. The molecule has 0 fully saturated rings. The highest BCUT2D eigenvalue weighted by molar-refractivity contribution is 4.80. The fraction of sp³-hybridized carbons (Fsp3) is 1.00. The predicted molar refractivity (Wildman–Crippen MR) is 63.8 cm³/mol. The lowest BCUT2D eigenvalue weighted by Gasteiger charge is -2.32. The Bertz CT molecular complexity index is 145. The number of nitrogens with two attached hydrogens (primary N) is 1. The fourth-order valence-electron chi connectivity index (χ4n) is 2.11. The van der Waals surface area contributed by atoms with Crippen LogP contribution in [0.4, 0.5) is 0 Å². The van der Waals surface area contributed by atoms with E-state index in [0.29, 0.717) is 12.5 Å². The summed E-state index contributed by atoms with van der Waals surface area (Å²) in [5.74, 6) is 0.586. The van der Waals surface area contributed by atoms with Gasteiger partial charge >= 0.3 is 0 Å². The van der Waals surface area contributed by atoms with Crippen LogP contribution < -0.4 is 5.73 Å². The maximum Gasteiger partial charge on any atom is 0.0499 e. The Labute approximate surface area is 94.0 Å². The Kier molecular flexibility index (Phi) is 8.02. The summed E-state index contributed by atoms with van der Waals surface area (Å²) in [6, 6.07) is 0. The summed E-state index contributed by atoms with van der Waals surface area (Å²) in [6.45, 7) is 5.93. The molecule has 0 spiro atoms. The van der Waals surface area contributed by atoms with Crippen molar-refractivity contribution in [1.82, 2.24) is 0 Å². The molecule has 0 aliphatic carbocycles. The highest BCUT2D eigenvalue weighted by atomic mass is 16.5. The van der Waals surface area contributed by atoms with Gasteiger partial charge in [-0.3, -0.25) is 0 Å². The first-order valence-corrected chi connectivity index (χ1v) is 5.90. The van der Waals surface area contributed by atoms with Crippen molar-refractivity contribution in [3.63, 3.8) is 0 Å².